The highest BCUT2D eigenvalue weighted by Gasteiger charge is 2.25. The zero-order chi connectivity index (χ0) is 33.6. The van der Waals surface area contributed by atoms with Gasteiger partial charge in [-0.05, 0) is 91.2 Å². The summed E-state index contributed by atoms with van der Waals surface area (Å²) in [6.45, 7) is 7.47. The van der Waals surface area contributed by atoms with Crippen LogP contribution in [0.1, 0.15) is 46.4 Å². The lowest BCUT2D eigenvalue weighted by atomic mass is 9.84. The van der Waals surface area contributed by atoms with Crippen molar-refractivity contribution in [3.63, 3.8) is 0 Å². The van der Waals surface area contributed by atoms with Gasteiger partial charge in [0, 0.05) is 26.6 Å². The summed E-state index contributed by atoms with van der Waals surface area (Å²) in [4.78, 5) is 1.34. The number of fused-ring (bicyclic) bond motifs is 5. The van der Waals surface area contributed by atoms with Gasteiger partial charge in [0.1, 0.15) is 12.4 Å². The molecule has 2 heteroatoms. The Morgan fingerprint density at radius 3 is 2.22 bits per heavy atom. The lowest BCUT2D eigenvalue weighted by molar-refractivity contribution is 0.308. The lowest BCUT2D eigenvalue weighted by Crippen LogP contribution is -2.07. The van der Waals surface area contributed by atoms with E-state index >= 15 is 0 Å². The molecular formula is C48H38OS. The number of para-hydroxylation sites is 1. The van der Waals surface area contributed by atoms with Gasteiger partial charge in [-0.1, -0.05) is 153 Å². The van der Waals surface area contributed by atoms with Gasteiger partial charge in [-0.15, -0.1) is 11.3 Å². The predicted octanol–water partition coefficient (Wildman–Crippen LogP) is 13.3. The van der Waals surface area contributed by atoms with Crippen molar-refractivity contribution in [3.8, 4) is 16.9 Å². The first-order valence-corrected chi connectivity index (χ1v) is 18.5. The molecule has 2 aliphatic carbocycles. The Labute approximate surface area is 298 Å². The summed E-state index contributed by atoms with van der Waals surface area (Å²) in [5.41, 5.74) is 9.84. The molecule has 0 saturated heterocycles. The van der Waals surface area contributed by atoms with Crippen LogP contribution in [0.25, 0.3) is 53.9 Å². The predicted molar refractivity (Wildman–Crippen MR) is 215 cm³/mol. The fourth-order valence-corrected chi connectivity index (χ4v) is 9.36. The van der Waals surface area contributed by atoms with E-state index in [-0.39, 0.29) is 0 Å². The maximum Gasteiger partial charge on any atom is 0.127 e. The number of rotatable bonds is 7. The van der Waals surface area contributed by atoms with E-state index in [1.165, 1.54) is 69.9 Å². The molecule has 2 unspecified atom stereocenters. The van der Waals surface area contributed by atoms with Crippen molar-refractivity contribution in [2.45, 2.75) is 32.3 Å². The molecule has 0 fully saturated rings. The van der Waals surface area contributed by atoms with E-state index in [1.807, 2.05) is 11.3 Å². The standard InChI is InChI=1S/C48H38OS/c1-31-27-42(48-43(28-31)39-22-11-13-26-46(39)50-48)32(2)36-19-10-12-25-45(36)49-30-44-37-20-6-8-23-40(37)47(41-24-9-7-21-38(41)44)35-18-14-17-34(29-35)33-15-4-3-5-16-33/h3-15,17-27,29,31,33H,2,16,28,30H2,1H3. The van der Waals surface area contributed by atoms with Crippen LogP contribution in [0.15, 0.2) is 158 Å². The molecule has 1 aromatic heterocycles. The number of benzene rings is 6. The molecule has 0 aliphatic heterocycles. The zero-order valence-electron chi connectivity index (χ0n) is 28.2. The molecule has 242 valence electrons. The first kappa shape index (κ1) is 30.6. The van der Waals surface area contributed by atoms with Crippen molar-refractivity contribution < 1.29 is 4.74 Å². The number of hydrogen-bond acceptors (Lipinski definition) is 2. The highest BCUT2D eigenvalue weighted by molar-refractivity contribution is 7.20. The summed E-state index contributed by atoms with van der Waals surface area (Å²) in [7, 11) is 0. The van der Waals surface area contributed by atoms with Crippen molar-refractivity contribution in [2.24, 2.45) is 5.92 Å². The lowest BCUT2D eigenvalue weighted by Gasteiger charge is -2.23. The summed E-state index contributed by atoms with van der Waals surface area (Å²) < 4.78 is 8.21. The second-order valence-corrected chi connectivity index (χ2v) is 14.7. The maximum absolute atomic E-state index is 6.87. The van der Waals surface area contributed by atoms with E-state index < -0.39 is 0 Å². The molecule has 1 nitrogen and oxygen atoms in total. The van der Waals surface area contributed by atoms with Gasteiger partial charge < -0.3 is 4.74 Å². The molecule has 0 spiro atoms. The maximum atomic E-state index is 6.87. The van der Waals surface area contributed by atoms with Crippen LogP contribution < -0.4 is 4.74 Å². The van der Waals surface area contributed by atoms with Gasteiger partial charge in [0.2, 0.25) is 0 Å². The number of ether oxygens (including phenoxy) is 1. The summed E-state index contributed by atoms with van der Waals surface area (Å²) >= 11 is 1.88. The van der Waals surface area contributed by atoms with Gasteiger partial charge in [0.05, 0.1) is 0 Å². The van der Waals surface area contributed by atoms with Crippen molar-refractivity contribution in [1.82, 2.24) is 0 Å². The molecule has 0 bridgehead atoms. The fourth-order valence-electron chi connectivity index (χ4n) is 8.07. The van der Waals surface area contributed by atoms with E-state index in [0.717, 1.165) is 29.7 Å². The van der Waals surface area contributed by atoms with Crippen molar-refractivity contribution in [3.05, 3.63) is 185 Å². The summed E-state index contributed by atoms with van der Waals surface area (Å²) in [5.74, 6) is 1.70. The molecule has 0 saturated carbocycles. The Morgan fingerprint density at radius 2 is 1.46 bits per heavy atom. The minimum absolute atomic E-state index is 0.401. The summed E-state index contributed by atoms with van der Waals surface area (Å²) in [5, 5.41) is 6.32. The summed E-state index contributed by atoms with van der Waals surface area (Å²) in [6.07, 6.45) is 13.4. The van der Waals surface area contributed by atoms with Gasteiger partial charge in [-0.3, -0.25) is 0 Å². The molecule has 0 amide bonds. The van der Waals surface area contributed by atoms with Crippen molar-refractivity contribution in [2.75, 3.05) is 0 Å². The molecule has 1 heterocycles. The van der Waals surface area contributed by atoms with E-state index in [1.54, 1.807) is 0 Å². The van der Waals surface area contributed by atoms with E-state index in [4.69, 9.17) is 11.3 Å². The van der Waals surface area contributed by atoms with Gasteiger partial charge in [0.25, 0.3) is 0 Å². The van der Waals surface area contributed by atoms with Crippen LogP contribution >= 0.6 is 11.3 Å². The Balaban J connectivity index is 1.11. The second kappa shape index (κ2) is 12.8. The van der Waals surface area contributed by atoms with Crippen LogP contribution in [0.5, 0.6) is 5.75 Å². The van der Waals surface area contributed by atoms with Crippen molar-refractivity contribution in [1.29, 1.82) is 0 Å². The minimum Gasteiger partial charge on any atom is -0.488 e. The molecule has 2 aliphatic rings. The smallest absolute Gasteiger partial charge is 0.127 e. The Hall–Kier alpha value is -5.44. The highest BCUT2D eigenvalue weighted by Crippen LogP contribution is 2.47. The van der Waals surface area contributed by atoms with Gasteiger partial charge in [0.15, 0.2) is 0 Å². The van der Waals surface area contributed by atoms with E-state index in [0.29, 0.717) is 18.4 Å². The Bertz CT molecular complexity index is 2480. The van der Waals surface area contributed by atoms with Gasteiger partial charge in [-0.2, -0.15) is 0 Å². The SMILES string of the molecule is C=C(C1=CC(C)Cc2c1sc1ccccc21)c1ccccc1OCc1c2ccccc2c(-c2cccc(C3C=CC=CC3)c2)c2ccccc12. The van der Waals surface area contributed by atoms with Gasteiger partial charge >= 0.3 is 0 Å². The van der Waals surface area contributed by atoms with E-state index in [9.17, 15) is 0 Å². The van der Waals surface area contributed by atoms with Crippen LogP contribution in [-0.4, -0.2) is 0 Å². The molecular weight excluding hydrogens is 625 g/mol. The Morgan fingerprint density at radius 1 is 0.760 bits per heavy atom. The van der Waals surface area contributed by atoms with E-state index in [2.05, 4.69) is 159 Å². The third-order valence-corrected chi connectivity index (χ3v) is 11.7. The minimum atomic E-state index is 0.401. The second-order valence-electron chi connectivity index (χ2n) is 13.7. The third kappa shape index (κ3) is 5.32. The molecule has 0 N–H and O–H groups in total. The normalized spacial score (nSPS) is 16.9. The molecule has 0 radical (unpaired) electrons. The van der Waals surface area contributed by atoms with Gasteiger partial charge in [-0.25, -0.2) is 0 Å². The highest BCUT2D eigenvalue weighted by atomic mass is 32.1. The average Bonchev–Trinajstić information content (AvgIpc) is 3.55. The van der Waals surface area contributed by atoms with Crippen LogP contribution in [-0.2, 0) is 13.0 Å². The first-order valence-electron chi connectivity index (χ1n) is 17.6. The van der Waals surface area contributed by atoms with Crippen LogP contribution in [0.2, 0.25) is 0 Å². The topological polar surface area (TPSA) is 9.23 Å². The zero-order valence-corrected chi connectivity index (χ0v) is 29.0. The molecule has 7 aromatic rings. The average molecular weight is 663 g/mol. The fraction of sp³-hybridized carbons (Fsp3) is 0.125. The van der Waals surface area contributed by atoms with Crippen LogP contribution in [0.4, 0.5) is 0 Å². The Kier molecular flexibility index (Phi) is 7.83. The molecule has 9 rings (SSSR count). The quantitative estimate of drug-likeness (QED) is 0.154. The third-order valence-electron chi connectivity index (χ3n) is 10.5. The monoisotopic (exact) mass is 662 g/mol. The number of hydrogen-bond donors (Lipinski definition) is 0. The largest absolute Gasteiger partial charge is 0.488 e. The van der Waals surface area contributed by atoms with Crippen LogP contribution in [0.3, 0.4) is 0 Å². The number of thiophene rings is 1. The van der Waals surface area contributed by atoms with Crippen molar-refractivity contribution >= 4 is 54.1 Å². The molecule has 6 aromatic carbocycles. The van der Waals surface area contributed by atoms with Crippen LogP contribution in [0, 0.1) is 5.92 Å². The molecule has 2 atom stereocenters. The first-order chi connectivity index (χ1) is 24.6. The summed E-state index contributed by atoms with van der Waals surface area (Å²) in [6, 6.07) is 44.0. The molecule has 50 heavy (non-hydrogen) atoms. The number of allylic oxidation sites excluding steroid dienone is 7.